The molecule has 1 aromatic rings. The molecule has 0 atom stereocenters. The molecule has 0 heterocycles. The van der Waals surface area contributed by atoms with Gasteiger partial charge in [-0.25, -0.2) is 0 Å². The van der Waals surface area contributed by atoms with Crippen LogP contribution in [0.25, 0.3) is 0 Å². The molecule has 8 heteroatoms. The summed E-state index contributed by atoms with van der Waals surface area (Å²) >= 11 is 0. The lowest BCUT2D eigenvalue weighted by Gasteiger charge is -2.07. The first kappa shape index (κ1) is 17.2. The quantitative estimate of drug-likeness (QED) is 0.519. The molecule has 0 aliphatic carbocycles. The van der Waals surface area contributed by atoms with Crippen molar-refractivity contribution in [1.29, 1.82) is 0 Å². The fourth-order valence-electron chi connectivity index (χ4n) is 1.47. The van der Waals surface area contributed by atoms with Crippen molar-refractivity contribution in [2.75, 3.05) is 11.9 Å². The molecule has 1 aromatic carbocycles. The number of hydrogen-bond donors (Lipinski definition) is 3. The van der Waals surface area contributed by atoms with Crippen molar-refractivity contribution in [2.24, 2.45) is 0 Å². The molecule has 1 rings (SSSR count). The van der Waals surface area contributed by atoms with Gasteiger partial charge in [0.15, 0.2) is 6.61 Å². The van der Waals surface area contributed by atoms with Crippen LogP contribution in [-0.4, -0.2) is 30.3 Å². The van der Waals surface area contributed by atoms with Crippen LogP contribution in [0, 0.1) is 0 Å². The van der Waals surface area contributed by atoms with Gasteiger partial charge in [-0.1, -0.05) is 12.1 Å². The molecule has 0 spiro atoms. The minimum Gasteiger partial charge on any atom is -0.455 e. The maximum absolute atomic E-state index is 11.6. The Hall–Kier alpha value is -2.90. The third kappa shape index (κ3) is 7.04. The molecule has 0 radical (unpaired) electrons. The Kier molecular flexibility index (Phi) is 6.55. The summed E-state index contributed by atoms with van der Waals surface area (Å²) in [6, 6.07) is 6.66. The number of hydrazine groups is 1. The zero-order valence-electron chi connectivity index (χ0n) is 12.3. The summed E-state index contributed by atoms with van der Waals surface area (Å²) in [5, 5.41) is 2.61. The van der Waals surface area contributed by atoms with E-state index in [1.165, 1.54) is 13.8 Å². The Balaban J connectivity index is 2.37. The number of benzene rings is 1. The molecule has 0 fully saturated rings. The van der Waals surface area contributed by atoms with E-state index in [0.717, 1.165) is 0 Å². The SMILES string of the molecule is CC(=O)NNC(=O)COC(=O)Cc1ccc(NC(C)=O)cc1. The van der Waals surface area contributed by atoms with Crippen molar-refractivity contribution in [3.05, 3.63) is 29.8 Å². The van der Waals surface area contributed by atoms with Crippen LogP contribution in [0.4, 0.5) is 5.69 Å². The molecule has 3 amide bonds. The lowest BCUT2D eigenvalue weighted by molar-refractivity contribution is -0.148. The van der Waals surface area contributed by atoms with Crippen molar-refractivity contribution in [2.45, 2.75) is 20.3 Å². The van der Waals surface area contributed by atoms with Gasteiger partial charge in [-0.3, -0.25) is 30.0 Å². The van der Waals surface area contributed by atoms with Gasteiger partial charge in [0, 0.05) is 19.5 Å². The van der Waals surface area contributed by atoms with Gasteiger partial charge < -0.3 is 10.1 Å². The topological polar surface area (TPSA) is 114 Å². The monoisotopic (exact) mass is 307 g/mol. The Bertz CT molecular complexity index is 568. The number of carbonyl (C=O) groups is 4. The summed E-state index contributed by atoms with van der Waals surface area (Å²) in [7, 11) is 0. The van der Waals surface area contributed by atoms with Crippen molar-refractivity contribution in [3.63, 3.8) is 0 Å². The largest absolute Gasteiger partial charge is 0.455 e. The van der Waals surface area contributed by atoms with Crippen LogP contribution in [0.1, 0.15) is 19.4 Å². The van der Waals surface area contributed by atoms with E-state index in [1.54, 1.807) is 24.3 Å². The van der Waals surface area contributed by atoms with E-state index in [2.05, 4.69) is 16.2 Å². The molecule has 0 saturated heterocycles. The van der Waals surface area contributed by atoms with Crippen molar-refractivity contribution >= 4 is 29.4 Å². The van der Waals surface area contributed by atoms with Crippen LogP contribution in [0.2, 0.25) is 0 Å². The van der Waals surface area contributed by atoms with Gasteiger partial charge in [-0.2, -0.15) is 0 Å². The summed E-state index contributed by atoms with van der Waals surface area (Å²) in [6.45, 7) is 2.15. The van der Waals surface area contributed by atoms with Crippen molar-refractivity contribution < 1.29 is 23.9 Å². The standard InChI is InChI=1S/C14H17N3O5/c1-9(18)15-12-5-3-11(4-6-12)7-14(21)22-8-13(20)17-16-10(2)19/h3-6H,7-8H2,1-2H3,(H,15,18)(H,16,19)(H,17,20). The number of anilines is 1. The normalized spacial score (nSPS) is 9.55. The maximum atomic E-state index is 11.6. The first-order valence-electron chi connectivity index (χ1n) is 6.44. The summed E-state index contributed by atoms with van der Waals surface area (Å²) in [5.74, 6) is -1.83. The highest BCUT2D eigenvalue weighted by Gasteiger charge is 2.09. The Morgan fingerprint density at radius 1 is 0.955 bits per heavy atom. The van der Waals surface area contributed by atoms with Crippen molar-refractivity contribution in [3.8, 4) is 0 Å². The lowest BCUT2D eigenvalue weighted by Crippen LogP contribution is -2.42. The average Bonchev–Trinajstić information content (AvgIpc) is 2.44. The van der Waals surface area contributed by atoms with Crippen LogP contribution in [0.5, 0.6) is 0 Å². The number of carbonyl (C=O) groups excluding carboxylic acids is 4. The Morgan fingerprint density at radius 3 is 2.14 bits per heavy atom. The van der Waals surface area contributed by atoms with Gasteiger partial charge in [0.2, 0.25) is 11.8 Å². The van der Waals surface area contributed by atoms with E-state index < -0.39 is 24.4 Å². The Morgan fingerprint density at radius 2 is 1.59 bits per heavy atom. The molecule has 22 heavy (non-hydrogen) atoms. The van der Waals surface area contributed by atoms with E-state index in [-0.39, 0.29) is 12.3 Å². The van der Waals surface area contributed by atoms with Crippen LogP contribution >= 0.6 is 0 Å². The number of amides is 3. The zero-order valence-corrected chi connectivity index (χ0v) is 12.3. The van der Waals surface area contributed by atoms with E-state index >= 15 is 0 Å². The summed E-state index contributed by atoms with van der Waals surface area (Å²) < 4.78 is 4.76. The molecule has 3 N–H and O–H groups in total. The van der Waals surface area contributed by atoms with Gasteiger partial charge in [0.25, 0.3) is 5.91 Å². The molecule has 0 aromatic heterocycles. The third-order valence-corrected chi connectivity index (χ3v) is 2.36. The minimum absolute atomic E-state index is 0.00618. The molecule has 0 aliphatic rings. The predicted molar refractivity (Wildman–Crippen MR) is 77.4 cm³/mol. The zero-order chi connectivity index (χ0) is 16.5. The van der Waals surface area contributed by atoms with Crippen LogP contribution in [0.15, 0.2) is 24.3 Å². The molecule has 118 valence electrons. The highest BCUT2D eigenvalue weighted by molar-refractivity contribution is 5.88. The number of nitrogens with one attached hydrogen (secondary N) is 3. The average molecular weight is 307 g/mol. The van der Waals surface area contributed by atoms with Gasteiger partial charge in [-0.05, 0) is 17.7 Å². The summed E-state index contributed by atoms with van der Waals surface area (Å²) in [6.07, 6.45) is -0.00618. The molecule has 0 unspecified atom stereocenters. The number of hydrogen-bond acceptors (Lipinski definition) is 5. The second kappa shape index (κ2) is 8.40. The van der Waals surface area contributed by atoms with Gasteiger partial charge in [-0.15, -0.1) is 0 Å². The number of rotatable bonds is 5. The molecule has 0 aliphatic heterocycles. The van der Waals surface area contributed by atoms with Gasteiger partial charge in [0.1, 0.15) is 0 Å². The molecule has 0 saturated carbocycles. The third-order valence-electron chi connectivity index (χ3n) is 2.36. The second-order valence-electron chi connectivity index (χ2n) is 4.44. The van der Waals surface area contributed by atoms with E-state index in [0.29, 0.717) is 11.3 Å². The fourth-order valence-corrected chi connectivity index (χ4v) is 1.47. The van der Waals surface area contributed by atoms with E-state index in [4.69, 9.17) is 4.74 Å². The van der Waals surface area contributed by atoms with Crippen LogP contribution < -0.4 is 16.2 Å². The Labute approximate surface area is 127 Å². The predicted octanol–water partition coefficient (Wildman–Crippen LogP) is -0.102. The maximum Gasteiger partial charge on any atom is 0.310 e. The van der Waals surface area contributed by atoms with Crippen molar-refractivity contribution in [1.82, 2.24) is 10.9 Å². The van der Waals surface area contributed by atoms with Crippen LogP contribution in [-0.2, 0) is 30.3 Å². The highest BCUT2D eigenvalue weighted by Crippen LogP contribution is 2.10. The minimum atomic E-state index is -0.635. The first-order chi connectivity index (χ1) is 10.4. The molecular formula is C14H17N3O5. The van der Waals surface area contributed by atoms with Gasteiger partial charge in [0.05, 0.1) is 6.42 Å². The van der Waals surface area contributed by atoms with Gasteiger partial charge >= 0.3 is 5.97 Å². The molecular weight excluding hydrogens is 290 g/mol. The fraction of sp³-hybridized carbons (Fsp3) is 0.286. The molecule has 0 bridgehead atoms. The van der Waals surface area contributed by atoms with E-state index in [9.17, 15) is 19.2 Å². The summed E-state index contributed by atoms with van der Waals surface area (Å²) in [5.41, 5.74) is 5.45. The second-order valence-corrected chi connectivity index (χ2v) is 4.44. The van der Waals surface area contributed by atoms with Crippen LogP contribution in [0.3, 0.4) is 0 Å². The molecule has 8 nitrogen and oxygen atoms in total. The first-order valence-corrected chi connectivity index (χ1v) is 6.44. The number of ether oxygens (including phenoxy) is 1. The van der Waals surface area contributed by atoms with E-state index in [1.807, 2.05) is 0 Å². The lowest BCUT2D eigenvalue weighted by atomic mass is 10.1. The summed E-state index contributed by atoms with van der Waals surface area (Å²) in [4.78, 5) is 44.2. The highest BCUT2D eigenvalue weighted by atomic mass is 16.5. The smallest absolute Gasteiger partial charge is 0.310 e. The number of esters is 1.